The Bertz CT molecular complexity index is 1070. The molecule has 3 rings (SSSR count). The SMILES string of the molecule is Cc1cccc(OCCCC(=O)OCC(=O)c2cc(C)n(C3CCS(=O)(=O)C3)c2C)c1. The summed E-state index contributed by atoms with van der Waals surface area (Å²) >= 11 is 0. The molecule has 0 spiro atoms. The second-order valence-electron chi connectivity index (χ2n) is 8.06. The van der Waals surface area contributed by atoms with E-state index in [1.807, 2.05) is 42.7 Å². The number of carbonyl (C=O) groups is 2. The number of carbonyl (C=O) groups excluding carboxylic acids is 2. The number of esters is 1. The Morgan fingerprint density at radius 2 is 1.94 bits per heavy atom. The quantitative estimate of drug-likeness (QED) is 0.333. The molecule has 1 atom stereocenters. The maximum Gasteiger partial charge on any atom is 0.306 e. The highest BCUT2D eigenvalue weighted by Crippen LogP contribution is 2.29. The Morgan fingerprint density at radius 3 is 2.61 bits per heavy atom. The fourth-order valence-electron chi connectivity index (χ4n) is 4.01. The highest BCUT2D eigenvalue weighted by Gasteiger charge is 2.31. The molecule has 1 unspecified atom stereocenters. The molecule has 1 aromatic heterocycles. The summed E-state index contributed by atoms with van der Waals surface area (Å²) in [5.74, 6) is 0.287. The lowest BCUT2D eigenvalue weighted by atomic mass is 10.1. The van der Waals surface area contributed by atoms with Gasteiger partial charge in [0.2, 0.25) is 5.78 Å². The Morgan fingerprint density at radius 1 is 1.16 bits per heavy atom. The molecule has 0 saturated carbocycles. The van der Waals surface area contributed by atoms with E-state index < -0.39 is 15.8 Å². The van der Waals surface area contributed by atoms with Crippen LogP contribution in [0, 0.1) is 20.8 Å². The Hall–Kier alpha value is -2.61. The van der Waals surface area contributed by atoms with E-state index in [0.29, 0.717) is 30.7 Å². The standard InChI is InChI=1S/C23H29NO6S/c1-16-6-4-7-20(12-16)29-10-5-8-23(26)30-14-22(25)21-13-17(2)24(18(21)3)19-9-11-31(27,28)15-19/h4,6-7,12-13,19H,5,8-11,14-15H2,1-3H3. The highest BCUT2D eigenvalue weighted by molar-refractivity contribution is 7.91. The molecule has 0 radical (unpaired) electrons. The van der Waals surface area contributed by atoms with Crippen LogP contribution in [0.2, 0.25) is 0 Å². The largest absolute Gasteiger partial charge is 0.494 e. The molecule has 168 valence electrons. The third-order valence-electron chi connectivity index (χ3n) is 5.51. The van der Waals surface area contributed by atoms with Crippen molar-refractivity contribution in [3.63, 3.8) is 0 Å². The van der Waals surface area contributed by atoms with Crippen molar-refractivity contribution in [1.82, 2.24) is 4.57 Å². The molecule has 31 heavy (non-hydrogen) atoms. The van der Waals surface area contributed by atoms with Crippen molar-refractivity contribution in [2.75, 3.05) is 24.7 Å². The number of aromatic nitrogens is 1. The number of Topliss-reactive ketones (excluding diaryl/α,β-unsaturated/α-hetero) is 1. The Balaban J connectivity index is 1.47. The molecule has 1 aromatic carbocycles. The van der Waals surface area contributed by atoms with Gasteiger partial charge in [-0.05, 0) is 57.4 Å². The van der Waals surface area contributed by atoms with Crippen LogP contribution in [0.15, 0.2) is 30.3 Å². The minimum absolute atomic E-state index is 0.0938. The van der Waals surface area contributed by atoms with Gasteiger partial charge in [0.15, 0.2) is 16.4 Å². The van der Waals surface area contributed by atoms with Gasteiger partial charge >= 0.3 is 5.97 Å². The number of ketones is 1. The van der Waals surface area contributed by atoms with Crippen LogP contribution in [0.3, 0.4) is 0 Å². The fraction of sp³-hybridized carbons (Fsp3) is 0.478. The average Bonchev–Trinajstić information content (AvgIpc) is 3.21. The molecule has 2 aromatic rings. The molecule has 0 amide bonds. The van der Waals surface area contributed by atoms with Crippen molar-refractivity contribution in [3.8, 4) is 5.75 Å². The number of ether oxygens (including phenoxy) is 2. The van der Waals surface area contributed by atoms with Crippen LogP contribution in [-0.4, -0.2) is 49.5 Å². The van der Waals surface area contributed by atoms with Gasteiger partial charge in [0.25, 0.3) is 0 Å². The van der Waals surface area contributed by atoms with Crippen molar-refractivity contribution >= 4 is 21.6 Å². The van der Waals surface area contributed by atoms with E-state index >= 15 is 0 Å². The summed E-state index contributed by atoms with van der Waals surface area (Å²) in [5, 5.41) is 0. The van der Waals surface area contributed by atoms with E-state index in [-0.39, 0.29) is 36.4 Å². The minimum atomic E-state index is -3.03. The number of hydrogen-bond acceptors (Lipinski definition) is 6. The third kappa shape index (κ3) is 5.97. The number of nitrogens with zero attached hydrogens (tertiary/aromatic N) is 1. The summed E-state index contributed by atoms with van der Waals surface area (Å²) in [6, 6.07) is 9.27. The van der Waals surface area contributed by atoms with Crippen LogP contribution in [0.25, 0.3) is 0 Å². The molecule has 0 N–H and O–H groups in total. The first-order chi connectivity index (χ1) is 14.7. The van der Waals surface area contributed by atoms with Crippen molar-refractivity contribution in [2.24, 2.45) is 0 Å². The number of aryl methyl sites for hydroxylation is 2. The van der Waals surface area contributed by atoms with Gasteiger partial charge in [-0.2, -0.15) is 0 Å². The first-order valence-corrected chi connectivity index (χ1v) is 12.3. The number of benzene rings is 1. The van der Waals surface area contributed by atoms with Crippen molar-refractivity contribution < 1.29 is 27.5 Å². The molecular weight excluding hydrogens is 418 g/mol. The second kappa shape index (κ2) is 9.68. The number of rotatable bonds is 9. The first-order valence-electron chi connectivity index (χ1n) is 10.4. The molecule has 2 heterocycles. The molecule has 8 heteroatoms. The first kappa shape index (κ1) is 23.1. The van der Waals surface area contributed by atoms with Crippen LogP contribution in [0.4, 0.5) is 0 Å². The highest BCUT2D eigenvalue weighted by atomic mass is 32.2. The van der Waals surface area contributed by atoms with E-state index in [9.17, 15) is 18.0 Å². The van der Waals surface area contributed by atoms with Crippen LogP contribution in [0.1, 0.15) is 52.6 Å². The molecule has 1 saturated heterocycles. The Labute approximate surface area is 183 Å². The smallest absolute Gasteiger partial charge is 0.306 e. The molecule has 7 nitrogen and oxygen atoms in total. The summed E-state index contributed by atoms with van der Waals surface area (Å²) in [7, 11) is -3.03. The monoisotopic (exact) mass is 447 g/mol. The van der Waals surface area contributed by atoms with Gasteiger partial charge in [0, 0.05) is 29.4 Å². The van der Waals surface area contributed by atoms with E-state index in [4.69, 9.17) is 9.47 Å². The van der Waals surface area contributed by atoms with Crippen LogP contribution in [-0.2, 0) is 19.4 Å². The van der Waals surface area contributed by atoms with Gasteiger partial charge in [0.1, 0.15) is 5.75 Å². The average molecular weight is 448 g/mol. The number of sulfone groups is 1. The van der Waals surface area contributed by atoms with Gasteiger partial charge < -0.3 is 14.0 Å². The van der Waals surface area contributed by atoms with E-state index in [1.165, 1.54) is 0 Å². The third-order valence-corrected chi connectivity index (χ3v) is 7.26. The van der Waals surface area contributed by atoms with Gasteiger partial charge in [-0.25, -0.2) is 8.42 Å². The van der Waals surface area contributed by atoms with E-state index in [1.54, 1.807) is 13.0 Å². The van der Waals surface area contributed by atoms with Crippen LogP contribution in [0.5, 0.6) is 5.75 Å². The predicted molar refractivity (Wildman–Crippen MR) is 117 cm³/mol. The maximum absolute atomic E-state index is 12.6. The molecule has 0 bridgehead atoms. The predicted octanol–water partition coefficient (Wildman–Crippen LogP) is 3.36. The maximum atomic E-state index is 12.6. The van der Waals surface area contributed by atoms with Crippen molar-refractivity contribution in [3.05, 3.63) is 52.8 Å². The lowest BCUT2D eigenvalue weighted by Gasteiger charge is -2.16. The normalized spacial score (nSPS) is 17.5. The summed E-state index contributed by atoms with van der Waals surface area (Å²) in [6.07, 6.45) is 1.20. The van der Waals surface area contributed by atoms with Crippen LogP contribution >= 0.6 is 0 Å². The molecular formula is C23H29NO6S. The summed E-state index contributed by atoms with van der Waals surface area (Å²) in [6.45, 7) is 5.70. The molecule has 1 fully saturated rings. The Kier molecular flexibility index (Phi) is 7.20. The lowest BCUT2D eigenvalue weighted by molar-refractivity contribution is -0.142. The topological polar surface area (TPSA) is 91.7 Å². The fourth-order valence-corrected chi connectivity index (χ4v) is 5.71. The lowest BCUT2D eigenvalue weighted by Crippen LogP contribution is -2.17. The zero-order valence-electron chi connectivity index (χ0n) is 18.2. The summed E-state index contributed by atoms with van der Waals surface area (Å²) < 4.78 is 36.3. The van der Waals surface area contributed by atoms with Crippen molar-refractivity contribution in [2.45, 2.75) is 46.1 Å². The number of hydrogen-bond donors (Lipinski definition) is 0. The molecule has 0 aliphatic carbocycles. The van der Waals surface area contributed by atoms with Gasteiger partial charge in [-0.3, -0.25) is 9.59 Å². The van der Waals surface area contributed by atoms with Crippen LogP contribution < -0.4 is 4.74 Å². The summed E-state index contributed by atoms with van der Waals surface area (Å²) in [5.41, 5.74) is 3.12. The van der Waals surface area contributed by atoms with Crippen molar-refractivity contribution in [1.29, 1.82) is 0 Å². The zero-order chi connectivity index (χ0) is 22.6. The van der Waals surface area contributed by atoms with E-state index in [2.05, 4.69) is 0 Å². The minimum Gasteiger partial charge on any atom is -0.494 e. The zero-order valence-corrected chi connectivity index (χ0v) is 19.0. The molecule has 1 aliphatic rings. The molecule has 1 aliphatic heterocycles. The van der Waals surface area contributed by atoms with Gasteiger partial charge in [0.05, 0.1) is 18.1 Å². The van der Waals surface area contributed by atoms with Gasteiger partial charge in [-0.15, -0.1) is 0 Å². The van der Waals surface area contributed by atoms with E-state index in [0.717, 1.165) is 17.0 Å². The van der Waals surface area contributed by atoms with Gasteiger partial charge in [-0.1, -0.05) is 12.1 Å². The second-order valence-corrected chi connectivity index (χ2v) is 10.3. The summed E-state index contributed by atoms with van der Waals surface area (Å²) in [4.78, 5) is 24.6.